The van der Waals surface area contributed by atoms with Gasteiger partial charge in [0, 0.05) is 0 Å². The average Bonchev–Trinajstić information content (AvgIpc) is 2.67. The molecule has 1 rings (SSSR count). The third-order valence-electron chi connectivity index (χ3n) is 5.28. The highest BCUT2D eigenvalue weighted by Crippen LogP contribution is 2.36. The maximum absolute atomic E-state index is 10.0. The molecule has 27 heavy (non-hydrogen) atoms. The molecule has 1 atom stereocenters. The van der Waals surface area contributed by atoms with Gasteiger partial charge in [-0.2, -0.15) is 0 Å². The van der Waals surface area contributed by atoms with Gasteiger partial charge in [0.1, 0.15) is 0 Å². The summed E-state index contributed by atoms with van der Waals surface area (Å²) in [5.74, 6) is 0.166. The molecule has 0 bridgehead atoms. The molecule has 1 aromatic rings. The van der Waals surface area contributed by atoms with Crippen molar-refractivity contribution in [1.82, 2.24) is 0 Å². The summed E-state index contributed by atoms with van der Waals surface area (Å²) in [6, 6.07) is 4.95. The van der Waals surface area contributed by atoms with E-state index in [9.17, 15) is 10.2 Å². The molecule has 0 radical (unpaired) electrons. The number of hydrogen-bond acceptors (Lipinski definition) is 3. The molecule has 0 aliphatic rings. The molecule has 0 aromatic heterocycles. The predicted octanol–water partition coefficient (Wildman–Crippen LogP) is 7.74. The van der Waals surface area contributed by atoms with Crippen LogP contribution in [0.4, 0.5) is 0 Å². The first kappa shape index (κ1) is 23.7. The average molecular weight is 379 g/mol. The van der Waals surface area contributed by atoms with Gasteiger partial charge in [-0.05, 0) is 37.8 Å². The normalized spacial score (nSPS) is 12.2. The van der Waals surface area contributed by atoms with E-state index < -0.39 is 0 Å². The molecular formula is C24H42O3. The lowest BCUT2D eigenvalue weighted by Crippen LogP contribution is -2.16. The lowest BCUT2D eigenvalue weighted by Gasteiger charge is -2.20. The molecule has 0 spiro atoms. The summed E-state index contributed by atoms with van der Waals surface area (Å²) in [7, 11) is 0. The van der Waals surface area contributed by atoms with Gasteiger partial charge < -0.3 is 14.9 Å². The Bertz CT molecular complexity index is 473. The number of para-hydroxylation sites is 1. The van der Waals surface area contributed by atoms with E-state index in [0.29, 0.717) is 5.75 Å². The molecule has 3 heteroatoms. The molecule has 1 unspecified atom stereocenters. The van der Waals surface area contributed by atoms with Crippen molar-refractivity contribution in [3.63, 3.8) is 0 Å². The maximum atomic E-state index is 10.0. The van der Waals surface area contributed by atoms with E-state index in [2.05, 4.69) is 13.8 Å². The summed E-state index contributed by atoms with van der Waals surface area (Å²) in [5, 5.41) is 19.7. The number of phenols is 2. The zero-order valence-electron chi connectivity index (χ0n) is 17.7. The first-order valence-electron chi connectivity index (χ1n) is 11.4. The summed E-state index contributed by atoms with van der Waals surface area (Å²) in [5.41, 5.74) is 0. The molecule has 0 heterocycles. The third-order valence-corrected chi connectivity index (χ3v) is 5.28. The highest BCUT2D eigenvalue weighted by Gasteiger charge is 2.14. The van der Waals surface area contributed by atoms with Crippen LogP contribution in [0.5, 0.6) is 17.2 Å². The van der Waals surface area contributed by atoms with Gasteiger partial charge in [0.05, 0.1) is 6.10 Å². The van der Waals surface area contributed by atoms with E-state index in [0.717, 1.165) is 12.8 Å². The zero-order valence-corrected chi connectivity index (χ0v) is 17.7. The van der Waals surface area contributed by atoms with Crippen molar-refractivity contribution in [1.29, 1.82) is 0 Å². The van der Waals surface area contributed by atoms with Crippen molar-refractivity contribution in [2.45, 2.75) is 116 Å². The third kappa shape index (κ3) is 11.1. The quantitative estimate of drug-likeness (QED) is 0.215. The largest absolute Gasteiger partial charge is 0.504 e. The van der Waals surface area contributed by atoms with Gasteiger partial charge in [-0.15, -0.1) is 0 Å². The van der Waals surface area contributed by atoms with Gasteiger partial charge in [-0.1, -0.05) is 90.5 Å². The fraction of sp³-hybridized carbons (Fsp3) is 0.750. The van der Waals surface area contributed by atoms with Crippen molar-refractivity contribution in [2.24, 2.45) is 0 Å². The number of ether oxygens (including phenoxy) is 1. The number of unbranched alkanes of at least 4 members (excludes halogenated alkanes) is 11. The van der Waals surface area contributed by atoms with E-state index >= 15 is 0 Å². The van der Waals surface area contributed by atoms with Crippen molar-refractivity contribution < 1.29 is 14.9 Å². The smallest absolute Gasteiger partial charge is 0.200 e. The summed E-state index contributed by atoms with van der Waals surface area (Å²) in [4.78, 5) is 0. The van der Waals surface area contributed by atoms with Gasteiger partial charge in [0.2, 0.25) is 5.75 Å². The van der Waals surface area contributed by atoms with Crippen molar-refractivity contribution in [2.75, 3.05) is 0 Å². The molecule has 156 valence electrons. The Kier molecular flexibility index (Phi) is 13.7. The predicted molar refractivity (Wildman–Crippen MR) is 115 cm³/mol. The van der Waals surface area contributed by atoms with E-state index in [1.165, 1.54) is 89.5 Å². The number of aromatic hydroxyl groups is 2. The second kappa shape index (κ2) is 15.7. The molecule has 0 saturated carbocycles. The lowest BCUT2D eigenvalue weighted by atomic mass is 10.0. The van der Waals surface area contributed by atoms with Crippen LogP contribution in [0.3, 0.4) is 0 Å². The second-order valence-corrected chi connectivity index (χ2v) is 7.83. The number of benzene rings is 1. The molecule has 0 saturated heterocycles. The topological polar surface area (TPSA) is 49.7 Å². The Hall–Kier alpha value is -1.38. The van der Waals surface area contributed by atoms with Crippen molar-refractivity contribution >= 4 is 0 Å². The summed E-state index contributed by atoms with van der Waals surface area (Å²) in [6.07, 6.45) is 18.9. The summed E-state index contributed by atoms with van der Waals surface area (Å²) < 4.78 is 6.08. The lowest BCUT2D eigenvalue weighted by molar-refractivity contribution is 0.165. The van der Waals surface area contributed by atoms with E-state index in [1.54, 1.807) is 12.1 Å². The van der Waals surface area contributed by atoms with Gasteiger partial charge >= 0.3 is 0 Å². The van der Waals surface area contributed by atoms with Gasteiger partial charge in [0.15, 0.2) is 11.5 Å². The Morgan fingerprint density at radius 1 is 0.704 bits per heavy atom. The molecule has 0 aliphatic heterocycles. The second-order valence-electron chi connectivity index (χ2n) is 7.83. The van der Waals surface area contributed by atoms with Crippen molar-refractivity contribution in [3.05, 3.63) is 18.2 Å². The fourth-order valence-electron chi connectivity index (χ4n) is 3.53. The van der Waals surface area contributed by atoms with Crippen LogP contribution in [0.15, 0.2) is 18.2 Å². The van der Waals surface area contributed by atoms with Crippen LogP contribution in [0.25, 0.3) is 0 Å². The van der Waals surface area contributed by atoms with E-state index in [1.807, 2.05) is 0 Å². The molecule has 0 fully saturated rings. The minimum absolute atomic E-state index is 0.110. The van der Waals surface area contributed by atoms with Crippen LogP contribution in [0, 0.1) is 0 Å². The molecular weight excluding hydrogens is 336 g/mol. The summed E-state index contributed by atoms with van der Waals surface area (Å²) in [6.45, 7) is 4.49. The maximum Gasteiger partial charge on any atom is 0.200 e. The molecule has 3 nitrogen and oxygen atoms in total. The Morgan fingerprint density at radius 3 is 1.70 bits per heavy atom. The van der Waals surface area contributed by atoms with Crippen LogP contribution in [-0.2, 0) is 0 Å². The first-order valence-corrected chi connectivity index (χ1v) is 11.4. The van der Waals surface area contributed by atoms with Crippen LogP contribution in [0.1, 0.15) is 110 Å². The summed E-state index contributed by atoms with van der Waals surface area (Å²) >= 11 is 0. The SMILES string of the molecule is CCCCCCCCCCC(CCCCCCC)Oc1cccc(O)c1O. The van der Waals surface area contributed by atoms with E-state index in [4.69, 9.17) is 4.74 Å². The van der Waals surface area contributed by atoms with Crippen molar-refractivity contribution in [3.8, 4) is 17.2 Å². The fourth-order valence-corrected chi connectivity index (χ4v) is 3.53. The number of phenolic OH excluding ortho intramolecular Hbond substituents is 2. The zero-order chi connectivity index (χ0) is 19.7. The Morgan fingerprint density at radius 2 is 1.19 bits per heavy atom. The van der Waals surface area contributed by atoms with Crippen LogP contribution >= 0.6 is 0 Å². The Balaban J connectivity index is 2.37. The van der Waals surface area contributed by atoms with Gasteiger partial charge in [-0.3, -0.25) is 0 Å². The van der Waals surface area contributed by atoms with Gasteiger partial charge in [0.25, 0.3) is 0 Å². The minimum Gasteiger partial charge on any atom is -0.504 e. The standard InChI is InChI=1S/C24H42O3/c1-3-5-7-9-10-11-13-15-18-21(17-14-12-8-6-4-2)27-23-20-16-19-22(25)24(23)26/h16,19-21,25-26H,3-15,17-18H2,1-2H3. The number of rotatable bonds is 17. The first-order chi connectivity index (χ1) is 13.2. The van der Waals surface area contributed by atoms with E-state index in [-0.39, 0.29) is 17.6 Å². The molecule has 0 aliphatic carbocycles. The highest BCUT2D eigenvalue weighted by molar-refractivity contribution is 5.48. The van der Waals surface area contributed by atoms with Crippen LogP contribution < -0.4 is 4.74 Å². The number of hydrogen-bond donors (Lipinski definition) is 2. The monoisotopic (exact) mass is 378 g/mol. The van der Waals surface area contributed by atoms with Gasteiger partial charge in [-0.25, -0.2) is 0 Å². The van der Waals surface area contributed by atoms with Crippen LogP contribution in [0.2, 0.25) is 0 Å². The highest BCUT2D eigenvalue weighted by atomic mass is 16.5. The van der Waals surface area contributed by atoms with Crippen LogP contribution in [-0.4, -0.2) is 16.3 Å². The molecule has 1 aromatic carbocycles. The molecule has 2 N–H and O–H groups in total. The minimum atomic E-state index is -0.135. The Labute approximate surface area is 167 Å². The molecule has 0 amide bonds.